The third kappa shape index (κ3) is 8.00. The van der Waals surface area contributed by atoms with E-state index in [1.54, 1.807) is 32.9 Å². The molecular weight excluding hydrogens is 650 g/mol. The molecule has 3 N–H and O–H groups in total. The van der Waals surface area contributed by atoms with Gasteiger partial charge in [-0.2, -0.15) is 5.26 Å². The number of rotatable bonds is 9. The zero-order valence-electron chi connectivity index (χ0n) is 26.4. The van der Waals surface area contributed by atoms with E-state index < -0.39 is 29.7 Å². The zero-order chi connectivity index (χ0) is 32.8. The van der Waals surface area contributed by atoms with Crippen LogP contribution >= 0.6 is 15.9 Å². The van der Waals surface area contributed by atoms with Gasteiger partial charge in [0.2, 0.25) is 0 Å². The number of amides is 1. The lowest BCUT2D eigenvalue weighted by Gasteiger charge is -2.29. The lowest BCUT2D eigenvalue weighted by molar-refractivity contribution is 0.0501. The number of aromatic nitrogens is 1. The van der Waals surface area contributed by atoms with Crippen LogP contribution in [0.3, 0.4) is 0 Å². The first-order valence-corrected chi connectivity index (χ1v) is 15.9. The van der Waals surface area contributed by atoms with E-state index >= 15 is 0 Å². The van der Waals surface area contributed by atoms with E-state index in [1.165, 1.54) is 7.11 Å². The predicted octanol–water partition coefficient (Wildman–Crippen LogP) is 6.66. The Kier molecular flexibility index (Phi) is 10.2. The van der Waals surface area contributed by atoms with Gasteiger partial charge in [0.1, 0.15) is 11.6 Å². The maximum absolute atomic E-state index is 13.0. The summed E-state index contributed by atoms with van der Waals surface area (Å²) in [7, 11) is 1.32. The number of benzene rings is 3. The smallest absolute Gasteiger partial charge is 0.407 e. The maximum Gasteiger partial charge on any atom is 0.407 e. The van der Waals surface area contributed by atoms with Crippen LogP contribution in [0.15, 0.2) is 71.3 Å². The first kappa shape index (κ1) is 32.9. The summed E-state index contributed by atoms with van der Waals surface area (Å²) in [5.41, 5.74) is 4.64. The van der Waals surface area contributed by atoms with Crippen LogP contribution in [-0.2, 0) is 20.6 Å². The number of nitrogens with one attached hydrogen (secondary N) is 3. The van der Waals surface area contributed by atoms with Gasteiger partial charge in [0, 0.05) is 46.0 Å². The molecule has 0 bridgehead atoms. The minimum atomic E-state index is -0.938. The van der Waals surface area contributed by atoms with Gasteiger partial charge in [0.25, 0.3) is 0 Å². The number of morpholine rings is 1. The largest absolute Gasteiger partial charge is 0.465 e. The topological polar surface area (TPSA) is 129 Å². The van der Waals surface area contributed by atoms with Crippen LogP contribution in [0.1, 0.15) is 36.7 Å². The van der Waals surface area contributed by atoms with E-state index in [9.17, 15) is 14.9 Å². The molecule has 1 unspecified atom stereocenters. The molecule has 1 aliphatic rings. The second-order valence-electron chi connectivity index (χ2n) is 12.1. The number of hydrogen-bond acceptors (Lipinski definition) is 8. The Bertz CT molecular complexity index is 1740. The number of aromatic amines is 1. The van der Waals surface area contributed by atoms with Crippen LogP contribution < -0.4 is 15.5 Å². The number of methoxy groups -OCH3 is 1. The number of esters is 1. The Hall–Kier alpha value is -4.53. The number of hydrogen-bond donors (Lipinski definition) is 3. The summed E-state index contributed by atoms with van der Waals surface area (Å²) in [5, 5.41) is 17.5. The molecule has 1 aliphatic heterocycles. The van der Waals surface area contributed by atoms with Crippen molar-refractivity contribution < 1.29 is 23.8 Å². The third-order valence-electron chi connectivity index (χ3n) is 7.73. The van der Waals surface area contributed by atoms with Crippen molar-refractivity contribution >= 4 is 50.3 Å². The molecule has 1 amide bonds. The molecule has 0 aliphatic carbocycles. The van der Waals surface area contributed by atoms with Crippen molar-refractivity contribution in [2.24, 2.45) is 0 Å². The minimum absolute atomic E-state index is 0.268. The van der Waals surface area contributed by atoms with Crippen molar-refractivity contribution in [1.82, 2.24) is 10.3 Å². The van der Waals surface area contributed by atoms with E-state index in [1.807, 2.05) is 42.6 Å². The van der Waals surface area contributed by atoms with Gasteiger partial charge in [-0.15, -0.1) is 0 Å². The molecule has 4 aromatic rings. The van der Waals surface area contributed by atoms with Gasteiger partial charge in [-0.1, -0.05) is 34.1 Å². The number of nitriles is 1. The number of carbonyl (C=O) groups excluding carboxylic acids is 2. The molecule has 5 rings (SSSR count). The molecule has 46 heavy (non-hydrogen) atoms. The first-order chi connectivity index (χ1) is 22.0. The summed E-state index contributed by atoms with van der Waals surface area (Å²) in [6.07, 6.45) is 1.53. The van der Waals surface area contributed by atoms with Crippen LogP contribution in [0, 0.1) is 11.3 Å². The minimum Gasteiger partial charge on any atom is -0.465 e. The number of ether oxygens (including phenoxy) is 3. The Morgan fingerprint density at radius 3 is 2.46 bits per heavy atom. The summed E-state index contributed by atoms with van der Waals surface area (Å²) >= 11 is 3.53. The molecular formula is C35H38BrN5O5. The summed E-state index contributed by atoms with van der Waals surface area (Å²) in [4.78, 5) is 31.5. The Morgan fingerprint density at radius 2 is 1.78 bits per heavy atom. The normalized spacial score (nSPS) is 14.7. The standard InChI is InChI=1S/C35H38BrN5O5/c1-35(2,3)46-34(43)40-31(18-24-21-38-29-12-8-25(36)19-27(24)29)32(20-37)39-30-11-7-23(17-28(30)33(42)44-4)22-5-9-26(10-6-22)41-13-15-45-16-14-41/h5-12,17,19,21,31-32,38-39H,13-16,18H2,1-4H3,(H,40,43)/t31-,32?/m0/s1. The molecule has 1 fully saturated rings. The van der Waals surface area contributed by atoms with Crippen molar-refractivity contribution in [2.45, 2.75) is 44.9 Å². The molecule has 2 atom stereocenters. The van der Waals surface area contributed by atoms with Gasteiger partial charge < -0.3 is 34.7 Å². The predicted molar refractivity (Wildman–Crippen MR) is 182 cm³/mol. The average Bonchev–Trinajstić information content (AvgIpc) is 3.44. The van der Waals surface area contributed by atoms with Gasteiger partial charge in [-0.05, 0) is 86.3 Å². The van der Waals surface area contributed by atoms with E-state index in [4.69, 9.17) is 14.2 Å². The Balaban J connectivity index is 1.43. The molecule has 0 radical (unpaired) electrons. The lowest BCUT2D eigenvalue weighted by atomic mass is 9.97. The first-order valence-electron chi connectivity index (χ1n) is 15.1. The fourth-order valence-electron chi connectivity index (χ4n) is 5.47. The number of halogens is 1. The molecule has 0 spiro atoms. The monoisotopic (exact) mass is 687 g/mol. The average molecular weight is 689 g/mol. The Labute approximate surface area is 277 Å². The molecule has 1 aromatic heterocycles. The zero-order valence-corrected chi connectivity index (χ0v) is 27.9. The molecule has 240 valence electrons. The van der Waals surface area contributed by atoms with Gasteiger partial charge >= 0.3 is 12.1 Å². The number of H-pyrrole nitrogens is 1. The molecule has 1 saturated heterocycles. The third-order valence-corrected chi connectivity index (χ3v) is 8.22. The van der Waals surface area contributed by atoms with E-state index in [0.29, 0.717) is 25.3 Å². The fourth-order valence-corrected chi connectivity index (χ4v) is 5.83. The van der Waals surface area contributed by atoms with Crippen LogP contribution in [0.4, 0.5) is 16.2 Å². The highest BCUT2D eigenvalue weighted by atomic mass is 79.9. The SMILES string of the molecule is COC(=O)c1cc(-c2ccc(N3CCOCC3)cc2)ccc1NC(C#N)[C@H](Cc1c[nH]c2ccc(Br)cc12)NC(=O)OC(C)(C)C. The number of carbonyl (C=O) groups is 2. The lowest BCUT2D eigenvalue weighted by Crippen LogP contribution is -2.49. The quantitative estimate of drug-likeness (QED) is 0.167. The molecule has 11 heteroatoms. The highest BCUT2D eigenvalue weighted by Crippen LogP contribution is 2.30. The fraction of sp³-hybridized carbons (Fsp3) is 0.343. The Morgan fingerprint density at radius 1 is 1.07 bits per heavy atom. The van der Waals surface area contributed by atoms with E-state index in [0.717, 1.165) is 50.8 Å². The van der Waals surface area contributed by atoms with Gasteiger partial charge in [0.05, 0.1) is 38.0 Å². The van der Waals surface area contributed by atoms with Gasteiger partial charge in [-0.3, -0.25) is 0 Å². The number of alkyl carbamates (subject to hydrolysis) is 1. The van der Waals surface area contributed by atoms with E-state index in [-0.39, 0.29) is 5.56 Å². The highest BCUT2D eigenvalue weighted by molar-refractivity contribution is 9.10. The van der Waals surface area contributed by atoms with Crippen molar-refractivity contribution in [3.8, 4) is 17.2 Å². The molecule has 3 aromatic carbocycles. The van der Waals surface area contributed by atoms with Crippen LogP contribution in [0.5, 0.6) is 0 Å². The molecule has 2 heterocycles. The van der Waals surface area contributed by atoms with Crippen molar-refractivity contribution in [3.05, 3.63) is 82.5 Å². The molecule has 10 nitrogen and oxygen atoms in total. The van der Waals surface area contributed by atoms with Crippen molar-refractivity contribution in [2.75, 3.05) is 43.6 Å². The number of nitrogens with zero attached hydrogens (tertiary/aromatic N) is 2. The van der Waals surface area contributed by atoms with Crippen LogP contribution in [0.25, 0.3) is 22.0 Å². The summed E-state index contributed by atoms with van der Waals surface area (Å²) in [6, 6.07) is 20.1. The van der Waals surface area contributed by atoms with Crippen molar-refractivity contribution in [3.63, 3.8) is 0 Å². The summed E-state index contributed by atoms with van der Waals surface area (Å²) in [6.45, 7) is 8.42. The van der Waals surface area contributed by atoms with E-state index in [2.05, 4.69) is 54.6 Å². The second kappa shape index (κ2) is 14.3. The summed E-state index contributed by atoms with van der Waals surface area (Å²) in [5.74, 6) is -0.552. The number of anilines is 2. The van der Waals surface area contributed by atoms with Crippen LogP contribution in [0.2, 0.25) is 0 Å². The highest BCUT2D eigenvalue weighted by Gasteiger charge is 2.29. The van der Waals surface area contributed by atoms with Crippen LogP contribution in [-0.4, -0.2) is 68.1 Å². The van der Waals surface area contributed by atoms with Gasteiger partial charge in [-0.25, -0.2) is 9.59 Å². The second-order valence-corrected chi connectivity index (χ2v) is 13.0. The molecule has 0 saturated carbocycles. The summed E-state index contributed by atoms with van der Waals surface area (Å²) < 4.78 is 17.0. The number of fused-ring (bicyclic) bond motifs is 1. The van der Waals surface area contributed by atoms with Crippen molar-refractivity contribution in [1.29, 1.82) is 5.26 Å². The van der Waals surface area contributed by atoms with Gasteiger partial charge in [0.15, 0.2) is 0 Å². The maximum atomic E-state index is 13.0.